The van der Waals surface area contributed by atoms with Crippen molar-refractivity contribution in [3.63, 3.8) is 0 Å². The van der Waals surface area contributed by atoms with Crippen LogP contribution in [0.3, 0.4) is 0 Å². The van der Waals surface area contributed by atoms with Gasteiger partial charge >= 0.3 is 0 Å². The summed E-state index contributed by atoms with van der Waals surface area (Å²) in [6.07, 6.45) is 0.142. The van der Waals surface area contributed by atoms with Crippen LogP contribution in [0.2, 0.25) is 10.0 Å². The molecule has 0 radical (unpaired) electrons. The van der Waals surface area contributed by atoms with Crippen molar-refractivity contribution in [2.45, 2.75) is 20.3 Å². The summed E-state index contributed by atoms with van der Waals surface area (Å²) in [7, 11) is 0. The Hall–Kier alpha value is -1.56. The maximum Gasteiger partial charge on any atom is 0.229 e. The number of rotatable bonds is 3. The SMILES string of the molecule is Cc1c(Br)ccc(NC(=O)[C@@H]2CC(=O)N(c3cc(Cl)ccc3Cl)C2)c1C. The first kappa shape index (κ1) is 19.2. The summed E-state index contributed by atoms with van der Waals surface area (Å²) in [6.45, 7) is 4.21. The first-order chi connectivity index (χ1) is 12.3. The lowest BCUT2D eigenvalue weighted by Crippen LogP contribution is -2.28. The molecule has 1 aliphatic heterocycles. The van der Waals surface area contributed by atoms with Gasteiger partial charge in [0.1, 0.15) is 0 Å². The molecule has 0 bridgehead atoms. The van der Waals surface area contributed by atoms with Crippen LogP contribution in [0.5, 0.6) is 0 Å². The molecule has 0 unspecified atom stereocenters. The van der Waals surface area contributed by atoms with E-state index in [-0.39, 0.29) is 24.8 Å². The van der Waals surface area contributed by atoms with E-state index in [1.807, 2.05) is 26.0 Å². The summed E-state index contributed by atoms with van der Waals surface area (Å²) >= 11 is 15.7. The molecule has 0 aromatic heterocycles. The number of nitrogens with zero attached hydrogens (tertiary/aromatic N) is 1. The summed E-state index contributed by atoms with van der Waals surface area (Å²) in [5.74, 6) is -0.761. The van der Waals surface area contributed by atoms with Gasteiger partial charge in [0.2, 0.25) is 11.8 Å². The highest BCUT2D eigenvalue weighted by molar-refractivity contribution is 9.10. The number of amides is 2. The molecule has 26 heavy (non-hydrogen) atoms. The Bertz CT molecular complexity index is 901. The van der Waals surface area contributed by atoms with Crippen LogP contribution < -0.4 is 10.2 Å². The molecular weight excluding hydrogens is 439 g/mol. The molecule has 2 amide bonds. The van der Waals surface area contributed by atoms with Gasteiger partial charge in [-0.3, -0.25) is 9.59 Å². The maximum absolute atomic E-state index is 12.7. The van der Waals surface area contributed by atoms with Crippen LogP contribution in [0.25, 0.3) is 0 Å². The predicted molar refractivity (Wildman–Crippen MR) is 109 cm³/mol. The fourth-order valence-electron chi connectivity index (χ4n) is 2.97. The third-order valence-electron chi connectivity index (χ3n) is 4.67. The smallest absolute Gasteiger partial charge is 0.229 e. The van der Waals surface area contributed by atoms with Gasteiger partial charge in [-0.15, -0.1) is 0 Å². The van der Waals surface area contributed by atoms with Crippen LogP contribution in [0.15, 0.2) is 34.8 Å². The number of benzene rings is 2. The van der Waals surface area contributed by atoms with Gasteiger partial charge in [0, 0.05) is 28.1 Å². The predicted octanol–water partition coefficient (Wildman–Crippen LogP) is 5.36. The van der Waals surface area contributed by atoms with E-state index in [1.165, 1.54) is 4.90 Å². The lowest BCUT2D eigenvalue weighted by Gasteiger charge is -2.19. The Labute approximate surface area is 170 Å². The number of hydrogen-bond acceptors (Lipinski definition) is 2. The lowest BCUT2D eigenvalue weighted by molar-refractivity contribution is -0.122. The molecule has 0 spiro atoms. The minimum absolute atomic E-state index is 0.141. The van der Waals surface area contributed by atoms with E-state index in [4.69, 9.17) is 23.2 Å². The highest BCUT2D eigenvalue weighted by Crippen LogP contribution is 2.34. The second kappa shape index (κ2) is 7.59. The minimum Gasteiger partial charge on any atom is -0.326 e. The summed E-state index contributed by atoms with van der Waals surface area (Å²) in [5, 5.41) is 3.87. The van der Waals surface area contributed by atoms with Crippen LogP contribution >= 0.6 is 39.1 Å². The zero-order valence-electron chi connectivity index (χ0n) is 14.3. The summed E-state index contributed by atoms with van der Waals surface area (Å²) in [6, 6.07) is 8.71. The molecule has 1 fully saturated rings. The molecule has 1 N–H and O–H groups in total. The fraction of sp³-hybridized carbons (Fsp3) is 0.263. The molecule has 136 valence electrons. The van der Waals surface area contributed by atoms with Gasteiger partial charge in [-0.25, -0.2) is 0 Å². The molecule has 4 nitrogen and oxygen atoms in total. The van der Waals surface area contributed by atoms with Crippen LogP contribution in [-0.2, 0) is 9.59 Å². The monoisotopic (exact) mass is 454 g/mol. The number of carbonyl (C=O) groups excluding carboxylic acids is 2. The van der Waals surface area contributed by atoms with Gasteiger partial charge in [0.15, 0.2) is 0 Å². The Balaban J connectivity index is 1.77. The molecule has 3 rings (SSSR count). The molecule has 7 heteroatoms. The van der Waals surface area contributed by atoms with E-state index in [1.54, 1.807) is 18.2 Å². The Morgan fingerprint density at radius 1 is 1.19 bits per heavy atom. The number of nitrogens with one attached hydrogen (secondary N) is 1. The van der Waals surface area contributed by atoms with Crippen molar-refractivity contribution in [1.29, 1.82) is 0 Å². The van der Waals surface area contributed by atoms with Gasteiger partial charge < -0.3 is 10.2 Å². The van der Waals surface area contributed by atoms with Gasteiger partial charge in [-0.1, -0.05) is 39.1 Å². The molecule has 1 atom stereocenters. The molecule has 1 aliphatic rings. The quantitative estimate of drug-likeness (QED) is 0.676. The van der Waals surface area contributed by atoms with Crippen molar-refractivity contribution in [3.05, 3.63) is 56.0 Å². The summed E-state index contributed by atoms with van der Waals surface area (Å²) in [5.41, 5.74) is 3.35. The third-order valence-corrected chi connectivity index (χ3v) is 6.09. The highest BCUT2D eigenvalue weighted by Gasteiger charge is 2.36. The number of hydrogen-bond donors (Lipinski definition) is 1. The van der Waals surface area contributed by atoms with Crippen molar-refractivity contribution in [1.82, 2.24) is 0 Å². The largest absolute Gasteiger partial charge is 0.326 e. The normalized spacial score (nSPS) is 16.9. The molecule has 0 aliphatic carbocycles. The molecular formula is C19H17BrCl2N2O2. The fourth-order valence-corrected chi connectivity index (χ4v) is 3.78. The van der Waals surface area contributed by atoms with E-state index in [0.29, 0.717) is 15.7 Å². The maximum atomic E-state index is 12.7. The van der Waals surface area contributed by atoms with E-state index >= 15 is 0 Å². The summed E-state index contributed by atoms with van der Waals surface area (Å²) in [4.78, 5) is 26.6. The minimum atomic E-state index is -0.444. The lowest BCUT2D eigenvalue weighted by atomic mass is 10.1. The number of halogens is 3. The molecule has 0 saturated carbocycles. The topological polar surface area (TPSA) is 49.4 Å². The Kier molecular flexibility index (Phi) is 5.61. The first-order valence-corrected chi connectivity index (χ1v) is 9.65. The second-order valence-electron chi connectivity index (χ2n) is 6.34. The van der Waals surface area contributed by atoms with Gasteiger partial charge in [0.05, 0.1) is 16.6 Å². The molecule has 1 heterocycles. The molecule has 2 aromatic rings. The molecule has 2 aromatic carbocycles. The van der Waals surface area contributed by atoms with Crippen LogP contribution in [0.4, 0.5) is 11.4 Å². The first-order valence-electron chi connectivity index (χ1n) is 8.10. The van der Waals surface area contributed by atoms with Crippen molar-refractivity contribution >= 4 is 62.3 Å². The van der Waals surface area contributed by atoms with Crippen molar-refractivity contribution in [2.24, 2.45) is 5.92 Å². The molecule has 1 saturated heterocycles. The van der Waals surface area contributed by atoms with Crippen molar-refractivity contribution < 1.29 is 9.59 Å². The standard InChI is InChI=1S/C19H17BrCl2N2O2/c1-10-11(2)16(6-4-14(10)20)23-19(26)12-7-18(25)24(9-12)17-8-13(21)3-5-15(17)22/h3-6,8,12H,7,9H2,1-2H3,(H,23,26)/t12-/m1/s1. The van der Waals surface area contributed by atoms with Gasteiger partial charge in [-0.05, 0) is 55.3 Å². The number of anilines is 2. The highest BCUT2D eigenvalue weighted by atomic mass is 79.9. The zero-order valence-corrected chi connectivity index (χ0v) is 17.4. The Morgan fingerprint density at radius 2 is 1.92 bits per heavy atom. The van der Waals surface area contributed by atoms with E-state index < -0.39 is 5.92 Å². The second-order valence-corrected chi connectivity index (χ2v) is 8.03. The zero-order chi connectivity index (χ0) is 19.0. The third kappa shape index (κ3) is 3.75. The van der Waals surface area contributed by atoms with Crippen LogP contribution in [0, 0.1) is 19.8 Å². The summed E-state index contributed by atoms with van der Waals surface area (Å²) < 4.78 is 0.991. The number of carbonyl (C=O) groups is 2. The van der Waals surface area contributed by atoms with Crippen LogP contribution in [-0.4, -0.2) is 18.4 Å². The van der Waals surface area contributed by atoms with Crippen molar-refractivity contribution in [2.75, 3.05) is 16.8 Å². The Morgan fingerprint density at radius 3 is 2.65 bits per heavy atom. The van der Waals surface area contributed by atoms with E-state index in [2.05, 4.69) is 21.2 Å². The van der Waals surface area contributed by atoms with E-state index in [9.17, 15) is 9.59 Å². The van der Waals surface area contributed by atoms with E-state index in [0.717, 1.165) is 21.3 Å². The van der Waals surface area contributed by atoms with Gasteiger partial charge in [0.25, 0.3) is 0 Å². The van der Waals surface area contributed by atoms with Crippen molar-refractivity contribution in [3.8, 4) is 0 Å². The average molecular weight is 456 g/mol. The van der Waals surface area contributed by atoms with Gasteiger partial charge in [-0.2, -0.15) is 0 Å². The average Bonchev–Trinajstić information content (AvgIpc) is 2.99. The van der Waals surface area contributed by atoms with Crippen LogP contribution in [0.1, 0.15) is 17.5 Å².